The van der Waals surface area contributed by atoms with E-state index in [4.69, 9.17) is 4.74 Å². The van der Waals surface area contributed by atoms with Crippen LogP contribution in [0.15, 0.2) is 54.6 Å². The Bertz CT molecular complexity index is 490. The molecule has 19 heavy (non-hydrogen) atoms. The Labute approximate surface area is 116 Å². The van der Waals surface area contributed by atoms with Crippen molar-refractivity contribution in [2.45, 2.75) is 39.2 Å². The van der Waals surface area contributed by atoms with Crippen molar-refractivity contribution in [3.63, 3.8) is 0 Å². The molecule has 1 unspecified atom stereocenters. The summed E-state index contributed by atoms with van der Waals surface area (Å²) in [5.41, 5.74) is 2.57. The summed E-state index contributed by atoms with van der Waals surface area (Å²) >= 11 is 0. The predicted molar refractivity (Wildman–Crippen MR) is 80.5 cm³/mol. The topological polar surface area (TPSA) is 9.23 Å². The largest absolute Gasteiger partial charge is 0.489 e. The maximum absolute atomic E-state index is 5.86. The first-order valence-electron chi connectivity index (χ1n) is 7.06. The summed E-state index contributed by atoms with van der Waals surface area (Å²) in [6.07, 6.45) is 2.44. The molecule has 0 aromatic heterocycles. The molecule has 2 aromatic rings. The Balaban J connectivity index is 1.99. The maximum Gasteiger partial charge on any atom is 0.120 e. The molecule has 0 saturated carbocycles. The minimum Gasteiger partial charge on any atom is -0.489 e. The molecule has 0 aliphatic carbocycles. The summed E-state index contributed by atoms with van der Waals surface area (Å²) in [7, 11) is 0. The molecule has 0 N–H and O–H groups in total. The van der Waals surface area contributed by atoms with E-state index < -0.39 is 0 Å². The monoisotopic (exact) mass is 254 g/mol. The molecule has 0 fully saturated rings. The van der Waals surface area contributed by atoms with Crippen LogP contribution in [-0.2, 0) is 6.61 Å². The van der Waals surface area contributed by atoms with Crippen LogP contribution >= 0.6 is 0 Å². The molecule has 0 aliphatic rings. The van der Waals surface area contributed by atoms with Crippen LogP contribution in [0.1, 0.15) is 43.7 Å². The van der Waals surface area contributed by atoms with E-state index in [-0.39, 0.29) is 0 Å². The normalized spacial score (nSPS) is 12.1. The van der Waals surface area contributed by atoms with Crippen molar-refractivity contribution in [3.05, 3.63) is 65.7 Å². The predicted octanol–water partition coefficient (Wildman–Crippen LogP) is 5.17. The zero-order chi connectivity index (χ0) is 13.5. The number of ether oxygens (including phenoxy) is 1. The summed E-state index contributed by atoms with van der Waals surface area (Å²) in [5, 5.41) is 0. The molecule has 2 rings (SSSR count). The molecular weight excluding hydrogens is 232 g/mol. The van der Waals surface area contributed by atoms with Gasteiger partial charge in [-0.1, -0.05) is 62.7 Å². The van der Waals surface area contributed by atoms with Crippen molar-refractivity contribution in [2.75, 3.05) is 0 Å². The van der Waals surface area contributed by atoms with Gasteiger partial charge in [-0.2, -0.15) is 0 Å². The third-order valence-corrected chi connectivity index (χ3v) is 3.40. The highest BCUT2D eigenvalue weighted by molar-refractivity contribution is 5.31. The van der Waals surface area contributed by atoms with E-state index in [1.54, 1.807) is 0 Å². The molecular formula is C18H22O. The summed E-state index contributed by atoms with van der Waals surface area (Å²) in [6, 6.07) is 18.8. The highest BCUT2D eigenvalue weighted by Gasteiger charge is 2.05. The molecule has 100 valence electrons. The molecule has 1 atom stereocenters. The van der Waals surface area contributed by atoms with Crippen LogP contribution in [0, 0.1) is 0 Å². The van der Waals surface area contributed by atoms with Gasteiger partial charge in [0.05, 0.1) is 0 Å². The van der Waals surface area contributed by atoms with Crippen molar-refractivity contribution in [3.8, 4) is 5.75 Å². The first-order valence-corrected chi connectivity index (χ1v) is 7.06. The number of hydrogen-bond acceptors (Lipinski definition) is 1. The van der Waals surface area contributed by atoms with Crippen LogP contribution in [0.3, 0.4) is 0 Å². The van der Waals surface area contributed by atoms with Gasteiger partial charge in [0, 0.05) is 0 Å². The highest BCUT2D eigenvalue weighted by Crippen LogP contribution is 2.24. The van der Waals surface area contributed by atoms with Gasteiger partial charge in [0.15, 0.2) is 0 Å². The Morgan fingerprint density at radius 2 is 1.79 bits per heavy atom. The summed E-state index contributed by atoms with van der Waals surface area (Å²) < 4.78 is 5.86. The molecule has 0 aliphatic heterocycles. The van der Waals surface area contributed by atoms with Gasteiger partial charge in [-0.3, -0.25) is 0 Å². The van der Waals surface area contributed by atoms with E-state index in [0.29, 0.717) is 12.5 Å². The van der Waals surface area contributed by atoms with E-state index in [1.165, 1.54) is 24.0 Å². The van der Waals surface area contributed by atoms with Crippen LogP contribution in [-0.4, -0.2) is 0 Å². The lowest BCUT2D eigenvalue weighted by molar-refractivity contribution is 0.305. The van der Waals surface area contributed by atoms with E-state index >= 15 is 0 Å². The van der Waals surface area contributed by atoms with E-state index in [1.807, 2.05) is 24.3 Å². The van der Waals surface area contributed by atoms with Crippen molar-refractivity contribution in [1.82, 2.24) is 0 Å². The second kappa shape index (κ2) is 6.98. The minimum absolute atomic E-state index is 0.602. The Morgan fingerprint density at radius 1 is 1.00 bits per heavy atom. The Morgan fingerprint density at radius 3 is 2.53 bits per heavy atom. The molecule has 0 spiro atoms. The van der Waals surface area contributed by atoms with Crippen molar-refractivity contribution in [2.24, 2.45) is 0 Å². The van der Waals surface area contributed by atoms with Gasteiger partial charge in [-0.05, 0) is 35.6 Å². The Hall–Kier alpha value is -1.76. The second-order valence-electron chi connectivity index (χ2n) is 5.04. The third-order valence-electron chi connectivity index (χ3n) is 3.40. The third kappa shape index (κ3) is 4.13. The van der Waals surface area contributed by atoms with Crippen molar-refractivity contribution < 1.29 is 4.74 Å². The lowest BCUT2D eigenvalue weighted by Crippen LogP contribution is -1.97. The van der Waals surface area contributed by atoms with Crippen LogP contribution in [0.2, 0.25) is 0 Å². The SMILES string of the molecule is CCCC(C)c1cccc(OCc2ccccc2)c1. The smallest absolute Gasteiger partial charge is 0.120 e. The molecule has 0 heterocycles. The number of rotatable bonds is 6. The molecule has 0 bridgehead atoms. The van der Waals surface area contributed by atoms with Crippen molar-refractivity contribution in [1.29, 1.82) is 0 Å². The van der Waals surface area contributed by atoms with Crippen LogP contribution in [0.4, 0.5) is 0 Å². The molecule has 0 saturated heterocycles. The number of benzene rings is 2. The first-order chi connectivity index (χ1) is 9.29. The van der Waals surface area contributed by atoms with Gasteiger partial charge in [0.1, 0.15) is 12.4 Å². The van der Waals surface area contributed by atoms with E-state index in [2.05, 4.69) is 44.2 Å². The molecule has 1 heteroatoms. The molecule has 1 nitrogen and oxygen atoms in total. The standard InChI is InChI=1S/C18H22O/c1-3-8-15(2)17-11-7-12-18(13-17)19-14-16-9-5-4-6-10-16/h4-7,9-13,15H,3,8,14H2,1-2H3. The summed E-state index contributed by atoms with van der Waals surface area (Å²) in [6.45, 7) is 5.14. The van der Waals surface area contributed by atoms with E-state index in [0.717, 1.165) is 5.75 Å². The zero-order valence-electron chi connectivity index (χ0n) is 11.8. The fourth-order valence-electron chi connectivity index (χ4n) is 2.25. The number of hydrogen-bond donors (Lipinski definition) is 0. The van der Waals surface area contributed by atoms with E-state index in [9.17, 15) is 0 Å². The van der Waals surface area contributed by atoms with Gasteiger partial charge in [-0.15, -0.1) is 0 Å². The van der Waals surface area contributed by atoms with Gasteiger partial charge in [0.25, 0.3) is 0 Å². The lowest BCUT2D eigenvalue weighted by atomic mass is 9.96. The van der Waals surface area contributed by atoms with Gasteiger partial charge < -0.3 is 4.74 Å². The van der Waals surface area contributed by atoms with Gasteiger partial charge >= 0.3 is 0 Å². The van der Waals surface area contributed by atoms with Crippen LogP contribution < -0.4 is 4.74 Å². The minimum atomic E-state index is 0.602. The quantitative estimate of drug-likeness (QED) is 0.691. The molecule has 2 aromatic carbocycles. The van der Waals surface area contributed by atoms with Crippen LogP contribution in [0.5, 0.6) is 5.75 Å². The van der Waals surface area contributed by atoms with Gasteiger partial charge in [-0.25, -0.2) is 0 Å². The average Bonchev–Trinajstić information content (AvgIpc) is 2.47. The van der Waals surface area contributed by atoms with Crippen LogP contribution in [0.25, 0.3) is 0 Å². The summed E-state index contributed by atoms with van der Waals surface area (Å²) in [5.74, 6) is 1.56. The second-order valence-corrected chi connectivity index (χ2v) is 5.04. The highest BCUT2D eigenvalue weighted by atomic mass is 16.5. The fourth-order valence-corrected chi connectivity index (χ4v) is 2.25. The van der Waals surface area contributed by atoms with Crippen molar-refractivity contribution >= 4 is 0 Å². The average molecular weight is 254 g/mol. The van der Waals surface area contributed by atoms with Gasteiger partial charge in [0.2, 0.25) is 0 Å². The zero-order valence-corrected chi connectivity index (χ0v) is 11.8. The Kier molecular flexibility index (Phi) is 5.02. The molecule has 0 radical (unpaired) electrons. The molecule has 0 amide bonds. The summed E-state index contributed by atoms with van der Waals surface area (Å²) in [4.78, 5) is 0. The first kappa shape index (κ1) is 13.7. The lowest BCUT2D eigenvalue weighted by Gasteiger charge is -2.13. The maximum atomic E-state index is 5.86. The fraction of sp³-hybridized carbons (Fsp3) is 0.333.